The number of carboxylic acids is 1. The van der Waals surface area contributed by atoms with Crippen molar-refractivity contribution in [2.45, 2.75) is 25.9 Å². The van der Waals surface area contributed by atoms with Crippen LogP contribution in [0.1, 0.15) is 24.8 Å². The number of benzene rings is 1. The van der Waals surface area contributed by atoms with Crippen molar-refractivity contribution in [2.24, 2.45) is 11.3 Å². The Balaban J connectivity index is 1.31. The van der Waals surface area contributed by atoms with Gasteiger partial charge in [0.2, 0.25) is 5.91 Å². The number of carbonyl (C=O) groups excluding carboxylic acids is 2. The Bertz CT molecular complexity index is 733. The van der Waals surface area contributed by atoms with Crippen LogP contribution in [0.15, 0.2) is 30.3 Å². The van der Waals surface area contributed by atoms with Crippen LogP contribution >= 0.6 is 21.6 Å². The fraction of sp³-hybridized carbons (Fsp3) is 0.550. The van der Waals surface area contributed by atoms with Gasteiger partial charge in [0.1, 0.15) is 6.61 Å². The van der Waals surface area contributed by atoms with Crippen LogP contribution in [0.2, 0.25) is 0 Å². The highest BCUT2D eigenvalue weighted by atomic mass is 33.1. The van der Waals surface area contributed by atoms with Gasteiger partial charge >= 0.3 is 12.1 Å². The Labute approximate surface area is 178 Å². The average molecular weight is 439 g/mol. The van der Waals surface area contributed by atoms with Crippen LogP contribution in [0.5, 0.6) is 0 Å². The second-order valence-corrected chi connectivity index (χ2v) is 10.1. The smallest absolute Gasteiger partial charge is 0.410 e. The Morgan fingerprint density at radius 1 is 1.21 bits per heavy atom. The SMILES string of the molecule is O=C(O)CCSSCCNC(=O)C1CC12CCN(C(=O)OCc1ccccc1)C2. The fourth-order valence-corrected chi connectivity index (χ4v) is 5.50. The standard InChI is InChI=1S/C20H26N2O5S2/c23-17(24)6-10-28-29-11-8-21-18(25)16-12-20(16)7-9-22(14-20)19(26)27-13-15-4-2-1-3-5-15/h1-5,16H,6-14H2,(H,21,25)(H,23,24). The first-order chi connectivity index (χ1) is 14.0. The minimum atomic E-state index is -0.792. The maximum atomic E-state index is 12.4. The predicted octanol–water partition coefficient (Wildman–Crippen LogP) is 3.01. The first-order valence-corrected chi connectivity index (χ1v) is 12.2. The van der Waals surface area contributed by atoms with Crippen LogP contribution in [0, 0.1) is 11.3 Å². The molecule has 7 nitrogen and oxygen atoms in total. The Morgan fingerprint density at radius 3 is 2.72 bits per heavy atom. The van der Waals surface area contributed by atoms with E-state index in [-0.39, 0.29) is 36.4 Å². The zero-order chi connectivity index (χ0) is 20.7. The van der Waals surface area contributed by atoms with Crippen molar-refractivity contribution in [3.05, 3.63) is 35.9 Å². The third kappa shape index (κ3) is 6.30. The van der Waals surface area contributed by atoms with E-state index in [9.17, 15) is 14.4 Å². The highest BCUT2D eigenvalue weighted by Gasteiger charge is 2.61. The topological polar surface area (TPSA) is 95.9 Å². The van der Waals surface area contributed by atoms with Crippen molar-refractivity contribution in [3.8, 4) is 0 Å². The summed E-state index contributed by atoms with van der Waals surface area (Å²) in [6.45, 7) is 2.04. The van der Waals surface area contributed by atoms with Gasteiger partial charge in [0.25, 0.3) is 0 Å². The molecule has 1 heterocycles. The lowest BCUT2D eigenvalue weighted by Gasteiger charge is -2.16. The number of rotatable bonds is 10. The van der Waals surface area contributed by atoms with Crippen LogP contribution in [0.3, 0.4) is 0 Å². The summed E-state index contributed by atoms with van der Waals surface area (Å²) in [5.41, 5.74) is 0.872. The molecule has 1 aromatic rings. The highest BCUT2D eigenvalue weighted by molar-refractivity contribution is 8.76. The number of nitrogens with zero attached hydrogens (tertiary/aromatic N) is 1. The van der Waals surface area contributed by atoms with Gasteiger partial charge < -0.3 is 20.1 Å². The van der Waals surface area contributed by atoms with Gasteiger partial charge in [-0.1, -0.05) is 51.9 Å². The number of nitrogens with one attached hydrogen (secondary N) is 1. The van der Waals surface area contributed by atoms with Crippen LogP contribution in [-0.4, -0.2) is 59.1 Å². The third-order valence-corrected chi connectivity index (χ3v) is 7.73. The summed E-state index contributed by atoms with van der Waals surface area (Å²) in [5.74, 6) is 0.545. The van der Waals surface area contributed by atoms with E-state index < -0.39 is 5.97 Å². The van der Waals surface area contributed by atoms with Gasteiger partial charge in [-0.3, -0.25) is 9.59 Å². The summed E-state index contributed by atoms with van der Waals surface area (Å²) in [6.07, 6.45) is 1.50. The maximum Gasteiger partial charge on any atom is 0.410 e. The molecular formula is C20H26N2O5S2. The molecule has 1 aliphatic heterocycles. The van der Waals surface area contributed by atoms with E-state index in [2.05, 4.69) is 5.32 Å². The van der Waals surface area contributed by atoms with Gasteiger partial charge in [0.15, 0.2) is 0 Å². The number of hydrogen-bond donors (Lipinski definition) is 2. The highest BCUT2D eigenvalue weighted by Crippen LogP contribution is 2.58. The number of carboxylic acid groups (broad SMARTS) is 1. The van der Waals surface area contributed by atoms with Crippen molar-refractivity contribution in [1.29, 1.82) is 0 Å². The second kappa shape index (κ2) is 10.2. The first-order valence-electron chi connectivity index (χ1n) is 9.70. The molecule has 2 aliphatic rings. The Morgan fingerprint density at radius 2 is 1.97 bits per heavy atom. The summed E-state index contributed by atoms with van der Waals surface area (Å²) >= 11 is 0. The van der Waals surface area contributed by atoms with Crippen molar-refractivity contribution >= 4 is 39.6 Å². The summed E-state index contributed by atoms with van der Waals surface area (Å²) in [6, 6.07) is 9.58. The normalized spacial score (nSPS) is 22.5. The van der Waals surface area contributed by atoms with Gasteiger partial charge in [-0.05, 0) is 18.4 Å². The van der Waals surface area contributed by atoms with Gasteiger partial charge in [-0.15, -0.1) is 0 Å². The molecule has 1 spiro atoms. The molecule has 1 saturated carbocycles. The average Bonchev–Trinajstić information content (AvgIpc) is 3.25. The van der Waals surface area contributed by atoms with E-state index in [4.69, 9.17) is 9.84 Å². The predicted molar refractivity (Wildman–Crippen MR) is 114 cm³/mol. The molecule has 9 heteroatoms. The molecule has 3 rings (SSSR count). The van der Waals surface area contributed by atoms with Crippen molar-refractivity contribution in [1.82, 2.24) is 10.2 Å². The van der Waals surface area contributed by atoms with Crippen molar-refractivity contribution in [3.63, 3.8) is 0 Å². The molecule has 2 fully saturated rings. The maximum absolute atomic E-state index is 12.4. The van der Waals surface area contributed by atoms with E-state index in [1.165, 1.54) is 10.8 Å². The molecule has 158 valence electrons. The van der Waals surface area contributed by atoms with Gasteiger partial charge in [0.05, 0.1) is 6.42 Å². The number of ether oxygens (including phenoxy) is 1. The van der Waals surface area contributed by atoms with E-state index >= 15 is 0 Å². The fourth-order valence-electron chi connectivity index (χ4n) is 3.62. The Hall–Kier alpha value is -1.87. The summed E-state index contributed by atoms with van der Waals surface area (Å²) < 4.78 is 5.40. The third-order valence-electron chi connectivity index (χ3n) is 5.32. The van der Waals surface area contributed by atoms with E-state index in [1.807, 2.05) is 30.3 Å². The minimum absolute atomic E-state index is 0.0286. The first kappa shape index (κ1) is 21.8. The molecule has 0 bridgehead atoms. The monoisotopic (exact) mass is 438 g/mol. The Kier molecular flexibility index (Phi) is 7.71. The van der Waals surface area contributed by atoms with Crippen LogP contribution < -0.4 is 5.32 Å². The molecule has 0 radical (unpaired) electrons. The molecule has 0 aromatic heterocycles. The van der Waals surface area contributed by atoms with Crippen molar-refractivity contribution < 1.29 is 24.2 Å². The number of hydrogen-bond acceptors (Lipinski definition) is 6. The lowest BCUT2D eigenvalue weighted by atomic mass is 10.0. The molecular weight excluding hydrogens is 412 g/mol. The van der Waals surface area contributed by atoms with Crippen LogP contribution in [-0.2, 0) is 20.9 Å². The number of aliphatic carboxylic acids is 1. The van der Waals surface area contributed by atoms with E-state index in [1.54, 1.807) is 15.7 Å². The molecule has 1 aromatic carbocycles. The lowest BCUT2D eigenvalue weighted by Crippen LogP contribution is -2.32. The molecule has 2 unspecified atom stereocenters. The zero-order valence-electron chi connectivity index (χ0n) is 16.2. The molecule has 2 atom stereocenters. The van der Waals surface area contributed by atoms with E-state index in [0.29, 0.717) is 25.4 Å². The summed E-state index contributed by atoms with van der Waals surface area (Å²) in [5, 5.41) is 11.5. The molecule has 2 amide bonds. The molecule has 1 saturated heterocycles. The largest absolute Gasteiger partial charge is 0.481 e. The van der Waals surface area contributed by atoms with Gasteiger partial charge in [-0.2, -0.15) is 0 Å². The van der Waals surface area contributed by atoms with Gasteiger partial charge in [0, 0.05) is 42.5 Å². The number of carbonyl (C=O) groups is 3. The van der Waals surface area contributed by atoms with Crippen LogP contribution in [0.4, 0.5) is 4.79 Å². The molecule has 1 aliphatic carbocycles. The molecule has 2 N–H and O–H groups in total. The lowest BCUT2D eigenvalue weighted by molar-refractivity contribution is -0.136. The number of amides is 2. The molecule has 29 heavy (non-hydrogen) atoms. The quantitative estimate of drug-likeness (QED) is 0.428. The van der Waals surface area contributed by atoms with E-state index in [0.717, 1.165) is 24.2 Å². The summed E-state index contributed by atoms with van der Waals surface area (Å²) in [7, 11) is 3.08. The van der Waals surface area contributed by atoms with Crippen molar-refractivity contribution in [2.75, 3.05) is 31.1 Å². The van der Waals surface area contributed by atoms with Gasteiger partial charge in [-0.25, -0.2) is 4.79 Å². The minimum Gasteiger partial charge on any atom is -0.481 e. The number of likely N-dealkylation sites (tertiary alicyclic amines) is 1. The second-order valence-electron chi connectivity index (χ2n) is 7.41. The van der Waals surface area contributed by atoms with Crippen LogP contribution in [0.25, 0.3) is 0 Å². The zero-order valence-corrected chi connectivity index (χ0v) is 17.8. The summed E-state index contributed by atoms with van der Waals surface area (Å²) in [4.78, 5) is 36.9.